The first kappa shape index (κ1) is 17.4. The van der Waals surface area contributed by atoms with E-state index in [-0.39, 0.29) is 28.9 Å². The quantitative estimate of drug-likeness (QED) is 0.813. The van der Waals surface area contributed by atoms with E-state index in [0.29, 0.717) is 19.5 Å². The largest absolute Gasteiger partial charge is 0.340 e. The molecular weight excluding hydrogens is 368 g/mol. The Bertz CT molecular complexity index is 814. The SMILES string of the molecule is O=C(Cc1ccsc1)N1CCN(S(=O)(=O)c2ccccc2Cl)CC1. The molecule has 0 N–H and O–H groups in total. The summed E-state index contributed by atoms with van der Waals surface area (Å²) in [6, 6.07) is 8.35. The summed E-state index contributed by atoms with van der Waals surface area (Å²) in [6.07, 6.45) is 0.362. The molecule has 5 nitrogen and oxygen atoms in total. The molecule has 0 aliphatic carbocycles. The second-order valence-corrected chi connectivity index (χ2v) is 8.62. The molecule has 0 atom stereocenters. The second-order valence-electron chi connectivity index (χ2n) is 5.52. The summed E-state index contributed by atoms with van der Waals surface area (Å²) in [7, 11) is -3.63. The van der Waals surface area contributed by atoms with Gasteiger partial charge >= 0.3 is 0 Å². The number of rotatable bonds is 4. The molecule has 1 aromatic carbocycles. The molecule has 0 saturated carbocycles. The number of sulfonamides is 1. The number of halogens is 1. The lowest BCUT2D eigenvalue weighted by molar-refractivity contribution is -0.131. The number of hydrogen-bond acceptors (Lipinski definition) is 4. The van der Waals surface area contributed by atoms with E-state index in [4.69, 9.17) is 11.6 Å². The highest BCUT2D eigenvalue weighted by Crippen LogP contribution is 2.25. The number of nitrogens with zero attached hydrogens (tertiary/aromatic N) is 2. The first-order chi connectivity index (χ1) is 11.5. The van der Waals surface area contributed by atoms with Crippen LogP contribution < -0.4 is 0 Å². The fourth-order valence-electron chi connectivity index (χ4n) is 2.65. The Morgan fingerprint density at radius 3 is 2.46 bits per heavy atom. The van der Waals surface area contributed by atoms with Gasteiger partial charge in [-0.2, -0.15) is 15.6 Å². The minimum atomic E-state index is -3.63. The molecule has 1 aromatic heterocycles. The van der Waals surface area contributed by atoms with E-state index >= 15 is 0 Å². The van der Waals surface area contributed by atoms with Gasteiger partial charge in [-0.15, -0.1) is 0 Å². The summed E-state index contributed by atoms with van der Waals surface area (Å²) in [6.45, 7) is 1.35. The third-order valence-electron chi connectivity index (χ3n) is 3.98. The summed E-state index contributed by atoms with van der Waals surface area (Å²) < 4.78 is 26.8. The topological polar surface area (TPSA) is 57.7 Å². The minimum absolute atomic E-state index is 0.0307. The number of carbonyl (C=O) groups excluding carboxylic acids is 1. The highest BCUT2D eigenvalue weighted by Gasteiger charge is 2.31. The van der Waals surface area contributed by atoms with Crippen molar-refractivity contribution in [3.63, 3.8) is 0 Å². The van der Waals surface area contributed by atoms with E-state index < -0.39 is 10.0 Å². The van der Waals surface area contributed by atoms with Gasteiger partial charge in [-0.3, -0.25) is 4.79 Å². The van der Waals surface area contributed by atoms with Crippen LogP contribution in [-0.2, 0) is 21.2 Å². The van der Waals surface area contributed by atoms with Gasteiger partial charge in [-0.25, -0.2) is 8.42 Å². The van der Waals surface area contributed by atoms with Gasteiger partial charge in [0.1, 0.15) is 4.90 Å². The van der Waals surface area contributed by atoms with Crippen LogP contribution >= 0.6 is 22.9 Å². The lowest BCUT2D eigenvalue weighted by Gasteiger charge is -2.34. The molecule has 1 fully saturated rings. The molecule has 1 amide bonds. The van der Waals surface area contributed by atoms with Gasteiger partial charge in [0.15, 0.2) is 0 Å². The van der Waals surface area contributed by atoms with Gasteiger partial charge in [0.2, 0.25) is 15.9 Å². The van der Waals surface area contributed by atoms with Crippen LogP contribution in [0.4, 0.5) is 0 Å². The van der Waals surface area contributed by atoms with Crippen molar-refractivity contribution in [3.8, 4) is 0 Å². The zero-order chi connectivity index (χ0) is 17.2. The van der Waals surface area contributed by atoms with Crippen LogP contribution in [0.2, 0.25) is 5.02 Å². The molecule has 8 heteroatoms. The van der Waals surface area contributed by atoms with Crippen molar-refractivity contribution in [3.05, 3.63) is 51.7 Å². The normalized spacial score (nSPS) is 16.3. The van der Waals surface area contributed by atoms with E-state index in [2.05, 4.69) is 0 Å². The molecule has 2 heterocycles. The molecule has 2 aromatic rings. The van der Waals surface area contributed by atoms with Crippen molar-refractivity contribution >= 4 is 38.9 Å². The minimum Gasteiger partial charge on any atom is -0.340 e. The predicted octanol–water partition coefficient (Wildman–Crippen LogP) is 2.48. The molecule has 0 bridgehead atoms. The predicted molar refractivity (Wildman–Crippen MR) is 94.8 cm³/mol. The standard InChI is InChI=1S/C16H17ClN2O3S2/c17-14-3-1-2-4-15(14)24(21,22)19-8-6-18(7-9-19)16(20)11-13-5-10-23-12-13/h1-5,10,12H,6-9,11H2. The summed E-state index contributed by atoms with van der Waals surface area (Å²) >= 11 is 7.58. The van der Waals surface area contributed by atoms with Crippen LogP contribution in [0, 0.1) is 0 Å². The van der Waals surface area contributed by atoms with Crippen LogP contribution in [0.25, 0.3) is 0 Å². The van der Waals surface area contributed by atoms with Crippen molar-refractivity contribution in [2.45, 2.75) is 11.3 Å². The van der Waals surface area contributed by atoms with E-state index in [0.717, 1.165) is 5.56 Å². The summed E-state index contributed by atoms with van der Waals surface area (Å²) in [5.74, 6) is 0.0307. The molecule has 24 heavy (non-hydrogen) atoms. The first-order valence-electron chi connectivity index (χ1n) is 7.52. The van der Waals surface area contributed by atoms with Crippen LogP contribution in [0.15, 0.2) is 46.0 Å². The van der Waals surface area contributed by atoms with E-state index in [1.807, 2.05) is 16.8 Å². The summed E-state index contributed by atoms with van der Waals surface area (Å²) in [5, 5.41) is 4.11. The first-order valence-corrected chi connectivity index (χ1v) is 10.3. The van der Waals surface area contributed by atoms with Crippen molar-refractivity contribution in [2.24, 2.45) is 0 Å². The van der Waals surface area contributed by atoms with Crippen molar-refractivity contribution < 1.29 is 13.2 Å². The molecule has 0 unspecified atom stereocenters. The molecule has 1 aliphatic heterocycles. The summed E-state index contributed by atoms with van der Waals surface area (Å²) in [4.78, 5) is 14.1. The Morgan fingerprint density at radius 1 is 1.12 bits per heavy atom. The lowest BCUT2D eigenvalue weighted by atomic mass is 10.2. The Kier molecular flexibility index (Phi) is 5.24. The fraction of sp³-hybridized carbons (Fsp3) is 0.312. The number of thiophene rings is 1. The molecule has 0 spiro atoms. The average Bonchev–Trinajstić information content (AvgIpc) is 3.08. The van der Waals surface area contributed by atoms with E-state index in [1.165, 1.54) is 10.4 Å². The molecule has 1 aliphatic rings. The third-order valence-corrected chi connectivity index (χ3v) is 7.11. The van der Waals surface area contributed by atoms with Gasteiger partial charge in [-0.05, 0) is 34.5 Å². The highest BCUT2D eigenvalue weighted by molar-refractivity contribution is 7.89. The maximum Gasteiger partial charge on any atom is 0.244 e. The number of amides is 1. The summed E-state index contributed by atoms with van der Waals surface area (Å²) in [5.41, 5.74) is 0.996. The van der Waals surface area contributed by atoms with E-state index in [9.17, 15) is 13.2 Å². The van der Waals surface area contributed by atoms with Gasteiger partial charge in [0.25, 0.3) is 0 Å². The van der Waals surface area contributed by atoms with Crippen molar-refractivity contribution in [1.82, 2.24) is 9.21 Å². The Balaban J connectivity index is 1.64. The molecular formula is C16H17ClN2O3S2. The molecule has 0 radical (unpaired) electrons. The van der Waals surface area contributed by atoms with Gasteiger partial charge in [0.05, 0.1) is 11.4 Å². The zero-order valence-electron chi connectivity index (χ0n) is 12.9. The van der Waals surface area contributed by atoms with Crippen LogP contribution in [0.3, 0.4) is 0 Å². The third kappa shape index (κ3) is 3.64. The maximum atomic E-state index is 12.7. The van der Waals surface area contributed by atoms with Crippen molar-refractivity contribution in [2.75, 3.05) is 26.2 Å². The zero-order valence-corrected chi connectivity index (χ0v) is 15.3. The molecule has 128 valence electrons. The second kappa shape index (κ2) is 7.23. The Hall–Kier alpha value is -1.41. The lowest BCUT2D eigenvalue weighted by Crippen LogP contribution is -2.50. The number of benzene rings is 1. The Labute approximate surface area is 150 Å². The molecule has 3 rings (SSSR count). The van der Waals surface area contributed by atoms with E-state index in [1.54, 1.807) is 34.4 Å². The smallest absolute Gasteiger partial charge is 0.244 e. The maximum absolute atomic E-state index is 12.7. The van der Waals surface area contributed by atoms with Gasteiger partial charge < -0.3 is 4.90 Å². The Morgan fingerprint density at radius 2 is 1.83 bits per heavy atom. The fourth-order valence-corrected chi connectivity index (χ4v) is 5.23. The van der Waals surface area contributed by atoms with Crippen LogP contribution in [0.5, 0.6) is 0 Å². The number of hydrogen-bond donors (Lipinski definition) is 0. The van der Waals surface area contributed by atoms with Gasteiger partial charge in [-0.1, -0.05) is 23.7 Å². The average molecular weight is 385 g/mol. The number of carbonyl (C=O) groups is 1. The molecule has 1 saturated heterocycles. The van der Waals surface area contributed by atoms with Crippen LogP contribution in [-0.4, -0.2) is 49.7 Å². The van der Waals surface area contributed by atoms with Crippen molar-refractivity contribution in [1.29, 1.82) is 0 Å². The van der Waals surface area contributed by atoms with Crippen LogP contribution in [0.1, 0.15) is 5.56 Å². The van der Waals surface area contributed by atoms with Gasteiger partial charge in [0, 0.05) is 26.2 Å². The number of piperazine rings is 1. The highest BCUT2D eigenvalue weighted by atomic mass is 35.5. The monoisotopic (exact) mass is 384 g/mol.